The number of methoxy groups -OCH3 is 2. The van der Waals surface area contributed by atoms with Gasteiger partial charge in [-0.15, -0.1) is 0 Å². The van der Waals surface area contributed by atoms with Crippen molar-refractivity contribution in [1.82, 2.24) is 15.0 Å². The molecule has 1 unspecified atom stereocenters. The average molecular weight is 544 g/mol. The third-order valence-electron chi connectivity index (χ3n) is 6.36. The fourth-order valence-corrected chi connectivity index (χ4v) is 4.71. The first-order valence-corrected chi connectivity index (χ1v) is 11.9. The lowest BCUT2D eigenvalue weighted by Gasteiger charge is -2.38. The van der Waals surface area contributed by atoms with E-state index in [4.69, 9.17) is 21.1 Å². The minimum absolute atomic E-state index is 0.224. The van der Waals surface area contributed by atoms with Gasteiger partial charge in [0.15, 0.2) is 11.5 Å². The topological polar surface area (TPSA) is 77.7 Å². The Balaban J connectivity index is 1.56. The molecule has 196 valence electrons. The molecular formula is C27H21ClF3N3O4. The number of alkyl halides is 3. The van der Waals surface area contributed by atoms with E-state index in [9.17, 15) is 18.0 Å². The first kappa shape index (κ1) is 25.6. The molecule has 0 bridgehead atoms. The maximum Gasteiger partial charge on any atom is 0.471 e. The van der Waals surface area contributed by atoms with Crippen molar-refractivity contribution in [3.05, 3.63) is 93.8 Å². The zero-order valence-corrected chi connectivity index (χ0v) is 21.0. The molecule has 5 rings (SSSR count). The summed E-state index contributed by atoms with van der Waals surface area (Å²) in [6.07, 6.45) is -4.21. The van der Waals surface area contributed by atoms with Gasteiger partial charge >= 0.3 is 12.1 Å². The van der Waals surface area contributed by atoms with Gasteiger partial charge < -0.3 is 18.9 Å². The second kappa shape index (κ2) is 10.0. The van der Waals surface area contributed by atoms with Crippen LogP contribution in [-0.4, -0.2) is 41.7 Å². The molecule has 4 aromatic rings. The molecule has 1 aliphatic heterocycles. The minimum Gasteiger partial charge on any atom is -0.493 e. The highest BCUT2D eigenvalue weighted by Crippen LogP contribution is 2.42. The van der Waals surface area contributed by atoms with Gasteiger partial charge in [-0.2, -0.15) is 18.2 Å². The summed E-state index contributed by atoms with van der Waals surface area (Å²) in [4.78, 5) is 19.0. The lowest BCUT2D eigenvalue weighted by Crippen LogP contribution is -2.40. The largest absolute Gasteiger partial charge is 0.493 e. The van der Waals surface area contributed by atoms with E-state index in [1.807, 2.05) is 24.3 Å². The monoisotopic (exact) mass is 543 g/mol. The molecule has 1 aromatic heterocycles. The summed E-state index contributed by atoms with van der Waals surface area (Å²) in [5.74, 6) is -0.913. The highest BCUT2D eigenvalue weighted by Gasteiger charge is 2.39. The maximum atomic E-state index is 13.9. The van der Waals surface area contributed by atoms with Gasteiger partial charge in [0.05, 0.1) is 20.3 Å². The predicted octanol–water partition coefficient (Wildman–Crippen LogP) is 6.21. The second-order valence-corrected chi connectivity index (χ2v) is 9.05. The molecule has 0 N–H and O–H groups in total. The zero-order valence-electron chi connectivity index (χ0n) is 20.3. The lowest BCUT2D eigenvalue weighted by molar-refractivity contribution is -0.159. The van der Waals surface area contributed by atoms with Crippen molar-refractivity contribution in [1.29, 1.82) is 0 Å². The first-order valence-electron chi connectivity index (χ1n) is 11.5. The molecule has 0 radical (unpaired) electrons. The minimum atomic E-state index is -4.77. The molecule has 7 nitrogen and oxygen atoms in total. The van der Waals surface area contributed by atoms with Crippen LogP contribution in [0.5, 0.6) is 11.5 Å². The molecule has 1 atom stereocenters. The van der Waals surface area contributed by atoms with Gasteiger partial charge in [0.25, 0.3) is 5.91 Å². The quantitative estimate of drug-likeness (QED) is 0.298. The van der Waals surface area contributed by atoms with Crippen molar-refractivity contribution in [2.75, 3.05) is 20.8 Å². The predicted molar refractivity (Wildman–Crippen MR) is 132 cm³/mol. The van der Waals surface area contributed by atoms with E-state index in [2.05, 4.69) is 14.7 Å². The number of hydrogen-bond donors (Lipinski definition) is 0. The number of carbonyl (C=O) groups excluding carboxylic acids is 1. The van der Waals surface area contributed by atoms with Crippen LogP contribution >= 0.6 is 11.6 Å². The summed E-state index contributed by atoms with van der Waals surface area (Å²) in [5.41, 5.74) is 3.20. The van der Waals surface area contributed by atoms with E-state index in [1.165, 1.54) is 12.1 Å². The van der Waals surface area contributed by atoms with Crippen LogP contribution in [0.1, 0.15) is 39.0 Å². The molecule has 0 aliphatic carbocycles. The van der Waals surface area contributed by atoms with E-state index in [1.54, 1.807) is 43.4 Å². The number of rotatable bonds is 5. The molecule has 38 heavy (non-hydrogen) atoms. The van der Waals surface area contributed by atoms with Crippen molar-refractivity contribution >= 4 is 17.5 Å². The third kappa shape index (κ3) is 4.79. The first-order chi connectivity index (χ1) is 18.2. The highest BCUT2D eigenvalue weighted by molar-refractivity contribution is 6.30. The van der Waals surface area contributed by atoms with Crippen molar-refractivity contribution in [3.8, 4) is 22.9 Å². The van der Waals surface area contributed by atoms with Crippen LogP contribution in [0.3, 0.4) is 0 Å². The standard InChI is InChI=1S/C27H21ClF3N3O4/c1-36-21-13-16-10-11-34(23(20(16)14-22(21)37-2)15-6-8-19(28)9-7-15)25(35)18-5-3-4-17(12-18)24-32-26(38-33-24)27(29,30)31/h3-9,12-14,23H,10-11H2,1-2H3. The van der Waals surface area contributed by atoms with Crippen LogP contribution in [0.4, 0.5) is 13.2 Å². The van der Waals surface area contributed by atoms with Crippen molar-refractivity contribution < 1.29 is 32.0 Å². The Bertz CT molecular complexity index is 1490. The summed E-state index contributed by atoms with van der Waals surface area (Å²) in [7, 11) is 3.11. The summed E-state index contributed by atoms with van der Waals surface area (Å²) in [6, 6.07) is 16.6. The van der Waals surface area contributed by atoms with E-state index >= 15 is 0 Å². The number of ether oxygens (including phenoxy) is 2. The Morgan fingerprint density at radius 1 is 1.05 bits per heavy atom. The number of carbonyl (C=O) groups is 1. The van der Waals surface area contributed by atoms with Crippen LogP contribution in [0.2, 0.25) is 5.02 Å². The number of benzene rings is 3. The zero-order chi connectivity index (χ0) is 27.0. The second-order valence-electron chi connectivity index (χ2n) is 8.61. The van der Waals surface area contributed by atoms with Gasteiger partial charge in [0.2, 0.25) is 5.82 Å². The Morgan fingerprint density at radius 2 is 1.76 bits per heavy atom. The lowest BCUT2D eigenvalue weighted by atomic mass is 9.87. The van der Waals surface area contributed by atoms with Crippen LogP contribution in [0.25, 0.3) is 11.4 Å². The molecule has 3 aromatic carbocycles. The SMILES string of the molecule is COc1cc2c(cc1OC)C(c1ccc(Cl)cc1)N(C(=O)c1cccc(-c3noc(C(F)(F)F)n3)c1)CC2. The number of fused-ring (bicyclic) bond motifs is 1. The molecule has 11 heteroatoms. The molecule has 2 heterocycles. The van der Waals surface area contributed by atoms with Gasteiger partial charge in [-0.1, -0.05) is 41.0 Å². The number of amides is 1. The van der Waals surface area contributed by atoms with Gasteiger partial charge in [-0.3, -0.25) is 4.79 Å². The summed E-state index contributed by atoms with van der Waals surface area (Å²) < 4.78 is 54.2. The molecule has 0 spiro atoms. The highest BCUT2D eigenvalue weighted by atomic mass is 35.5. The smallest absolute Gasteiger partial charge is 0.471 e. The van der Waals surface area contributed by atoms with Crippen molar-refractivity contribution in [2.24, 2.45) is 0 Å². The number of hydrogen-bond acceptors (Lipinski definition) is 6. The van der Waals surface area contributed by atoms with Crippen molar-refractivity contribution in [2.45, 2.75) is 18.6 Å². The van der Waals surface area contributed by atoms with E-state index in [0.29, 0.717) is 29.5 Å². The molecular weight excluding hydrogens is 523 g/mol. The number of aromatic nitrogens is 2. The number of halogens is 4. The summed E-state index contributed by atoms with van der Waals surface area (Å²) >= 11 is 6.13. The molecule has 0 saturated carbocycles. The molecule has 0 fully saturated rings. The van der Waals surface area contributed by atoms with Crippen LogP contribution in [0.15, 0.2) is 65.2 Å². The van der Waals surface area contributed by atoms with Gasteiger partial charge in [0, 0.05) is 22.7 Å². The third-order valence-corrected chi connectivity index (χ3v) is 6.61. The van der Waals surface area contributed by atoms with Gasteiger partial charge in [-0.05, 0) is 59.5 Å². The van der Waals surface area contributed by atoms with Crippen LogP contribution < -0.4 is 9.47 Å². The fourth-order valence-electron chi connectivity index (χ4n) is 4.58. The summed E-state index contributed by atoms with van der Waals surface area (Å²) in [5, 5.41) is 3.99. The molecule has 1 aliphatic rings. The molecule has 0 saturated heterocycles. The van der Waals surface area contributed by atoms with Gasteiger partial charge in [0.1, 0.15) is 0 Å². The van der Waals surface area contributed by atoms with E-state index in [-0.39, 0.29) is 22.9 Å². The maximum absolute atomic E-state index is 13.9. The van der Waals surface area contributed by atoms with Crippen LogP contribution in [0, 0.1) is 0 Å². The summed E-state index contributed by atoms with van der Waals surface area (Å²) in [6.45, 7) is 0.388. The molecule has 1 amide bonds. The fraction of sp³-hybridized carbons (Fsp3) is 0.222. The number of nitrogens with zero attached hydrogens (tertiary/aromatic N) is 3. The van der Waals surface area contributed by atoms with Gasteiger partial charge in [-0.25, -0.2) is 0 Å². The Labute approximate surface area is 220 Å². The Morgan fingerprint density at radius 3 is 2.42 bits per heavy atom. The Hall–Kier alpha value is -4.05. The average Bonchev–Trinajstić information content (AvgIpc) is 3.43. The Kier molecular flexibility index (Phi) is 6.75. The van der Waals surface area contributed by atoms with Crippen LogP contribution in [-0.2, 0) is 12.6 Å². The normalized spacial score (nSPS) is 15.2. The van der Waals surface area contributed by atoms with E-state index in [0.717, 1.165) is 16.7 Å². The van der Waals surface area contributed by atoms with E-state index < -0.39 is 18.1 Å². The van der Waals surface area contributed by atoms with Crippen molar-refractivity contribution in [3.63, 3.8) is 0 Å².